The lowest BCUT2D eigenvalue weighted by atomic mass is 9.63. The summed E-state index contributed by atoms with van der Waals surface area (Å²) in [6, 6.07) is 6.26. The van der Waals surface area contributed by atoms with Gasteiger partial charge >= 0.3 is 5.97 Å². The number of hydrogen-bond donors (Lipinski definition) is 0. The number of carbonyl (C=O) groups excluding carboxylic acids is 1. The van der Waals surface area contributed by atoms with Gasteiger partial charge in [0, 0.05) is 0 Å². The van der Waals surface area contributed by atoms with Crippen LogP contribution in [-0.4, -0.2) is 13.1 Å². The molecule has 2 rings (SSSR count). The maximum atomic E-state index is 11.6. The Balaban J connectivity index is 2.54. The molecule has 108 valence electrons. The molecule has 0 aliphatic heterocycles. The van der Waals surface area contributed by atoms with E-state index in [-0.39, 0.29) is 16.8 Å². The Morgan fingerprint density at radius 2 is 1.65 bits per heavy atom. The first kappa shape index (κ1) is 14.8. The van der Waals surface area contributed by atoms with E-state index in [2.05, 4.69) is 46.4 Å². The van der Waals surface area contributed by atoms with Gasteiger partial charge in [-0.25, -0.2) is 4.79 Å². The van der Waals surface area contributed by atoms with Crippen molar-refractivity contribution in [3.63, 3.8) is 0 Å². The molecule has 0 fully saturated rings. The number of fused-ring (bicyclic) bond motifs is 1. The van der Waals surface area contributed by atoms with E-state index in [0.29, 0.717) is 5.57 Å². The molecule has 1 aliphatic carbocycles. The smallest absolute Gasteiger partial charge is 0.337 e. The second-order valence-electron chi connectivity index (χ2n) is 7.00. The highest BCUT2D eigenvalue weighted by Gasteiger charge is 2.37. The van der Waals surface area contributed by atoms with Crippen LogP contribution in [0.1, 0.15) is 57.2 Å². The van der Waals surface area contributed by atoms with Crippen molar-refractivity contribution in [3.8, 4) is 0 Å². The molecule has 2 heteroatoms. The molecule has 0 unspecified atom stereocenters. The molecule has 20 heavy (non-hydrogen) atoms. The summed E-state index contributed by atoms with van der Waals surface area (Å²) < 4.78 is 4.76. The number of ether oxygens (including phenoxy) is 1. The lowest BCUT2D eigenvalue weighted by Crippen LogP contribution is -2.33. The molecule has 0 saturated heterocycles. The molecule has 0 N–H and O–H groups in total. The molecule has 0 heterocycles. The van der Waals surface area contributed by atoms with Crippen molar-refractivity contribution < 1.29 is 9.53 Å². The van der Waals surface area contributed by atoms with E-state index in [4.69, 9.17) is 4.74 Å². The number of methoxy groups -OCH3 is 1. The van der Waals surface area contributed by atoms with Gasteiger partial charge in [0.1, 0.15) is 0 Å². The lowest BCUT2D eigenvalue weighted by molar-refractivity contribution is -0.133. The Bertz CT molecular complexity index is 565. The number of rotatable bonds is 2. The average Bonchev–Trinajstić information content (AvgIpc) is 2.42. The van der Waals surface area contributed by atoms with E-state index in [1.807, 2.05) is 6.07 Å². The van der Waals surface area contributed by atoms with Crippen LogP contribution in [0.3, 0.4) is 0 Å². The first-order valence-corrected chi connectivity index (χ1v) is 7.12. The second kappa shape index (κ2) is 4.76. The third-order valence-electron chi connectivity index (χ3n) is 4.63. The second-order valence-corrected chi connectivity index (χ2v) is 7.00. The largest absolute Gasteiger partial charge is 0.465 e. The molecule has 0 amide bonds. The molecule has 0 atom stereocenters. The maximum Gasteiger partial charge on any atom is 0.337 e. The van der Waals surface area contributed by atoms with Crippen molar-refractivity contribution in [2.75, 3.05) is 7.11 Å². The fourth-order valence-electron chi connectivity index (χ4n) is 3.02. The van der Waals surface area contributed by atoms with Crippen molar-refractivity contribution in [1.82, 2.24) is 0 Å². The summed E-state index contributed by atoms with van der Waals surface area (Å²) in [6.45, 7) is 13.0. The number of carbonyl (C=O) groups is 1. The summed E-state index contributed by atoms with van der Waals surface area (Å²) >= 11 is 0. The van der Waals surface area contributed by atoms with Crippen molar-refractivity contribution in [3.05, 3.63) is 41.5 Å². The van der Waals surface area contributed by atoms with Crippen LogP contribution in [-0.2, 0) is 20.4 Å². The van der Waals surface area contributed by atoms with Gasteiger partial charge in [-0.1, -0.05) is 52.5 Å². The number of benzene rings is 1. The summed E-state index contributed by atoms with van der Waals surface area (Å²) in [7, 11) is 1.39. The summed E-state index contributed by atoms with van der Waals surface area (Å²) in [6.07, 6.45) is 2.34. The molecule has 0 saturated carbocycles. The fourth-order valence-corrected chi connectivity index (χ4v) is 3.02. The van der Waals surface area contributed by atoms with Gasteiger partial charge in [0.15, 0.2) is 0 Å². The highest BCUT2D eigenvalue weighted by atomic mass is 16.5. The van der Waals surface area contributed by atoms with Crippen LogP contribution in [0.25, 0.3) is 5.57 Å². The zero-order valence-electron chi connectivity index (χ0n) is 13.2. The first-order chi connectivity index (χ1) is 9.19. The summed E-state index contributed by atoms with van der Waals surface area (Å²) in [5.74, 6) is -0.363. The molecule has 0 aromatic heterocycles. The van der Waals surface area contributed by atoms with E-state index in [1.165, 1.54) is 24.7 Å². The molecule has 1 aromatic rings. The van der Waals surface area contributed by atoms with Gasteiger partial charge in [-0.3, -0.25) is 0 Å². The predicted molar refractivity (Wildman–Crippen MR) is 82.8 cm³/mol. The standard InChI is InChI=1S/C18H24O2/c1-12(16(19)20-6)13-7-8-14-15(11-13)18(4,5)10-9-17(14,2)3/h7-8,11H,1,9-10H2,2-6H3. The Morgan fingerprint density at radius 3 is 2.20 bits per heavy atom. The topological polar surface area (TPSA) is 26.3 Å². The van der Waals surface area contributed by atoms with Gasteiger partial charge in [0.25, 0.3) is 0 Å². The van der Waals surface area contributed by atoms with Gasteiger partial charge in [0.05, 0.1) is 12.7 Å². The minimum Gasteiger partial charge on any atom is -0.465 e. The maximum absolute atomic E-state index is 11.6. The highest BCUT2D eigenvalue weighted by Crippen LogP contribution is 2.46. The van der Waals surface area contributed by atoms with Gasteiger partial charge in [-0.05, 0) is 40.4 Å². The SMILES string of the molecule is C=C(C(=O)OC)c1ccc2c(c1)C(C)(C)CCC2(C)C. The first-order valence-electron chi connectivity index (χ1n) is 7.12. The highest BCUT2D eigenvalue weighted by molar-refractivity contribution is 6.15. The van der Waals surface area contributed by atoms with Crippen LogP contribution in [0.4, 0.5) is 0 Å². The Hall–Kier alpha value is -1.57. The van der Waals surface area contributed by atoms with Gasteiger partial charge in [-0.15, -0.1) is 0 Å². The normalized spacial score (nSPS) is 19.1. The third-order valence-corrected chi connectivity index (χ3v) is 4.63. The molecule has 0 bridgehead atoms. The average molecular weight is 272 g/mol. The van der Waals surface area contributed by atoms with E-state index in [9.17, 15) is 4.79 Å². The minimum absolute atomic E-state index is 0.136. The van der Waals surface area contributed by atoms with Crippen molar-refractivity contribution >= 4 is 11.5 Å². The van der Waals surface area contributed by atoms with Crippen molar-refractivity contribution in [1.29, 1.82) is 0 Å². The Labute approximate surface area is 121 Å². The van der Waals surface area contributed by atoms with E-state index < -0.39 is 0 Å². The molecule has 0 radical (unpaired) electrons. The number of hydrogen-bond acceptors (Lipinski definition) is 2. The van der Waals surface area contributed by atoms with Crippen molar-refractivity contribution in [2.45, 2.75) is 51.4 Å². The zero-order valence-corrected chi connectivity index (χ0v) is 13.2. The van der Waals surface area contributed by atoms with Crippen LogP contribution >= 0.6 is 0 Å². The van der Waals surface area contributed by atoms with Gasteiger partial charge in [0.2, 0.25) is 0 Å². The fraction of sp³-hybridized carbons (Fsp3) is 0.500. The molecular formula is C18H24O2. The molecule has 2 nitrogen and oxygen atoms in total. The predicted octanol–water partition coefficient (Wildman–Crippen LogP) is 4.22. The van der Waals surface area contributed by atoms with Crippen LogP contribution < -0.4 is 0 Å². The molecule has 1 aliphatic rings. The third kappa shape index (κ3) is 2.39. The van der Waals surface area contributed by atoms with Crippen LogP contribution in [0.2, 0.25) is 0 Å². The summed E-state index contributed by atoms with van der Waals surface area (Å²) in [4.78, 5) is 11.6. The van der Waals surface area contributed by atoms with Gasteiger partial charge in [-0.2, -0.15) is 0 Å². The minimum atomic E-state index is -0.363. The van der Waals surface area contributed by atoms with Crippen LogP contribution in [0.15, 0.2) is 24.8 Å². The Morgan fingerprint density at radius 1 is 1.10 bits per heavy atom. The van der Waals surface area contributed by atoms with Crippen LogP contribution in [0, 0.1) is 0 Å². The molecule has 0 spiro atoms. The lowest BCUT2D eigenvalue weighted by Gasteiger charge is -2.42. The Kier molecular flexibility index (Phi) is 3.53. The molecular weight excluding hydrogens is 248 g/mol. The van der Waals surface area contributed by atoms with Crippen LogP contribution in [0.5, 0.6) is 0 Å². The quantitative estimate of drug-likeness (QED) is 0.595. The van der Waals surface area contributed by atoms with Gasteiger partial charge < -0.3 is 4.74 Å². The summed E-state index contributed by atoms with van der Waals surface area (Å²) in [5.41, 5.74) is 4.33. The zero-order chi connectivity index (χ0) is 15.1. The summed E-state index contributed by atoms with van der Waals surface area (Å²) in [5, 5.41) is 0. The number of esters is 1. The van der Waals surface area contributed by atoms with E-state index >= 15 is 0 Å². The van der Waals surface area contributed by atoms with E-state index in [1.54, 1.807) is 0 Å². The van der Waals surface area contributed by atoms with E-state index in [0.717, 1.165) is 12.0 Å². The molecule has 1 aromatic carbocycles. The monoisotopic (exact) mass is 272 g/mol. The van der Waals surface area contributed by atoms with Crippen molar-refractivity contribution in [2.24, 2.45) is 0 Å².